The van der Waals surface area contributed by atoms with Crippen molar-refractivity contribution in [3.8, 4) is 5.75 Å². The highest BCUT2D eigenvalue weighted by Crippen LogP contribution is 2.45. The minimum Gasteiger partial charge on any atom is -0.491 e. The lowest BCUT2D eigenvalue weighted by Crippen LogP contribution is -2.42. The number of hydrogen-bond donors (Lipinski definition) is 1. The molecule has 1 fully saturated rings. The van der Waals surface area contributed by atoms with Gasteiger partial charge in [-0.3, -0.25) is 4.79 Å². The molecule has 2 aromatic carbocycles. The predicted octanol–water partition coefficient (Wildman–Crippen LogP) is 2.81. The molecule has 0 radical (unpaired) electrons. The van der Waals surface area contributed by atoms with Crippen LogP contribution < -0.4 is 4.74 Å². The van der Waals surface area contributed by atoms with Gasteiger partial charge in [0, 0.05) is 12.0 Å². The van der Waals surface area contributed by atoms with E-state index in [4.69, 9.17) is 9.47 Å². The molecule has 2 atom stereocenters. The number of aliphatic hydroxyl groups is 1. The number of amides is 2. The molecule has 1 spiro atoms. The van der Waals surface area contributed by atoms with Crippen molar-refractivity contribution in [1.82, 2.24) is 4.90 Å². The number of aryl methyl sites for hydroxylation is 2. The fourth-order valence-electron chi connectivity index (χ4n) is 3.92. The molecule has 1 heterocycles. The molecule has 2 amide bonds. The summed E-state index contributed by atoms with van der Waals surface area (Å²) in [5.41, 5.74) is 1.65. The van der Waals surface area contributed by atoms with Crippen LogP contribution in [0.3, 0.4) is 0 Å². The quantitative estimate of drug-likeness (QED) is 0.833. The van der Waals surface area contributed by atoms with Gasteiger partial charge in [-0.15, -0.1) is 0 Å². The fraction of sp³-hybridized carbons (Fsp3) is 0.364. The topological polar surface area (TPSA) is 76.1 Å². The Morgan fingerprint density at radius 3 is 2.86 bits per heavy atom. The minimum atomic E-state index is -1.25. The second-order valence-electron chi connectivity index (χ2n) is 7.23. The van der Waals surface area contributed by atoms with Crippen LogP contribution in [0.15, 0.2) is 48.5 Å². The molecule has 0 aromatic heterocycles. The van der Waals surface area contributed by atoms with E-state index in [0.717, 1.165) is 28.0 Å². The number of rotatable bonds is 6. The zero-order valence-electron chi connectivity index (χ0n) is 15.8. The zero-order valence-corrected chi connectivity index (χ0v) is 15.8. The number of hydrogen-bond acceptors (Lipinski definition) is 5. The maximum absolute atomic E-state index is 13.0. The van der Waals surface area contributed by atoms with Gasteiger partial charge in [-0.25, -0.2) is 9.69 Å². The van der Waals surface area contributed by atoms with E-state index in [0.29, 0.717) is 18.6 Å². The van der Waals surface area contributed by atoms with Crippen LogP contribution in [0, 0.1) is 0 Å². The van der Waals surface area contributed by atoms with Gasteiger partial charge in [-0.05, 0) is 36.1 Å². The summed E-state index contributed by atoms with van der Waals surface area (Å²) in [6.07, 6.45) is 0.284. The van der Waals surface area contributed by atoms with Crippen LogP contribution in [0.25, 0.3) is 0 Å². The molecule has 0 saturated carbocycles. The van der Waals surface area contributed by atoms with E-state index in [1.807, 2.05) is 48.5 Å². The van der Waals surface area contributed by atoms with Crippen LogP contribution in [-0.2, 0) is 28.0 Å². The number of imide groups is 1. The van der Waals surface area contributed by atoms with Crippen molar-refractivity contribution in [3.05, 3.63) is 65.2 Å². The highest BCUT2D eigenvalue weighted by Gasteiger charge is 2.58. The Kier molecular flexibility index (Phi) is 4.81. The lowest BCUT2D eigenvalue weighted by Gasteiger charge is -2.21. The first-order valence-corrected chi connectivity index (χ1v) is 9.56. The van der Waals surface area contributed by atoms with E-state index < -0.39 is 23.7 Å². The van der Waals surface area contributed by atoms with Gasteiger partial charge in [0.2, 0.25) is 5.60 Å². The van der Waals surface area contributed by atoms with E-state index in [1.165, 1.54) is 0 Å². The average molecular weight is 381 g/mol. The molecule has 0 bridgehead atoms. The van der Waals surface area contributed by atoms with Gasteiger partial charge in [0.15, 0.2) is 0 Å². The average Bonchev–Trinajstić information content (AvgIpc) is 3.20. The highest BCUT2D eigenvalue weighted by atomic mass is 16.6. The monoisotopic (exact) mass is 381 g/mol. The predicted molar refractivity (Wildman–Crippen MR) is 102 cm³/mol. The normalized spacial score (nSPS) is 21.7. The van der Waals surface area contributed by atoms with Crippen molar-refractivity contribution in [1.29, 1.82) is 0 Å². The third-order valence-electron chi connectivity index (χ3n) is 5.41. The Hall–Kier alpha value is -2.86. The van der Waals surface area contributed by atoms with Crippen LogP contribution in [0.1, 0.15) is 30.0 Å². The second kappa shape index (κ2) is 7.28. The van der Waals surface area contributed by atoms with E-state index in [1.54, 1.807) is 0 Å². The molecule has 146 valence electrons. The first kappa shape index (κ1) is 18.5. The van der Waals surface area contributed by atoms with Gasteiger partial charge in [0.1, 0.15) is 18.5 Å². The number of benzene rings is 2. The lowest BCUT2D eigenvalue weighted by molar-refractivity contribution is -0.138. The summed E-state index contributed by atoms with van der Waals surface area (Å²) < 4.78 is 11.2. The number of fused-ring (bicyclic) bond motifs is 2. The molecule has 2 aliphatic rings. The number of carbonyl (C=O) groups excluding carboxylic acids is 2. The molecule has 1 aliphatic carbocycles. The Morgan fingerprint density at radius 1 is 1.21 bits per heavy atom. The number of β-amino-alcohol motifs (C(OH)–C–C–N with tert-alkyl or cyclic N) is 1. The van der Waals surface area contributed by atoms with Crippen molar-refractivity contribution < 1.29 is 24.2 Å². The van der Waals surface area contributed by atoms with Crippen LogP contribution >= 0.6 is 0 Å². The number of ether oxygens (including phenoxy) is 2. The largest absolute Gasteiger partial charge is 0.491 e. The Bertz CT molecular complexity index is 911. The molecule has 1 N–H and O–H groups in total. The Morgan fingerprint density at radius 2 is 2.04 bits per heavy atom. The van der Waals surface area contributed by atoms with Gasteiger partial charge < -0.3 is 14.6 Å². The third kappa shape index (κ3) is 3.14. The van der Waals surface area contributed by atoms with Crippen LogP contribution in [0.2, 0.25) is 0 Å². The maximum Gasteiger partial charge on any atom is 0.418 e. The van der Waals surface area contributed by atoms with Gasteiger partial charge in [-0.1, -0.05) is 43.3 Å². The van der Waals surface area contributed by atoms with Crippen LogP contribution in [0.4, 0.5) is 4.79 Å². The summed E-state index contributed by atoms with van der Waals surface area (Å²) in [6.45, 7) is 1.87. The Labute approximate surface area is 163 Å². The first-order valence-electron chi connectivity index (χ1n) is 9.56. The fourth-order valence-corrected chi connectivity index (χ4v) is 3.92. The molecule has 1 aliphatic heterocycles. The van der Waals surface area contributed by atoms with Crippen molar-refractivity contribution in [2.75, 3.05) is 13.2 Å². The summed E-state index contributed by atoms with van der Waals surface area (Å²) in [5.74, 6) is 0.240. The SMILES string of the molecule is CCc1cccc(OCC(O)CN2C(=O)OC3(CCc4ccccc43)C2=O)c1. The van der Waals surface area contributed by atoms with Gasteiger partial charge in [0.25, 0.3) is 5.91 Å². The molecule has 28 heavy (non-hydrogen) atoms. The molecule has 6 nitrogen and oxygen atoms in total. The summed E-state index contributed by atoms with van der Waals surface area (Å²) in [4.78, 5) is 26.4. The summed E-state index contributed by atoms with van der Waals surface area (Å²) in [5, 5.41) is 10.3. The molecule has 1 saturated heterocycles. The molecule has 2 aromatic rings. The summed E-state index contributed by atoms with van der Waals surface area (Å²) in [6, 6.07) is 15.1. The van der Waals surface area contributed by atoms with Gasteiger partial charge in [-0.2, -0.15) is 0 Å². The van der Waals surface area contributed by atoms with Crippen molar-refractivity contribution in [3.63, 3.8) is 0 Å². The lowest BCUT2D eigenvalue weighted by atomic mass is 9.95. The first-order chi connectivity index (χ1) is 13.5. The third-order valence-corrected chi connectivity index (χ3v) is 5.41. The van der Waals surface area contributed by atoms with Crippen molar-refractivity contribution in [2.45, 2.75) is 37.9 Å². The molecular formula is C22H23NO5. The second-order valence-corrected chi connectivity index (χ2v) is 7.23. The van der Waals surface area contributed by atoms with Gasteiger partial charge in [0.05, 0.1) is 6.54 Å². The van der Waals surface area contributed by atoms with E-state index in [-0.39, 0.29) is 13.2 Å². The van der Waals surface area contributed by atoms with Gasteiger partial charge >= 0.3 is 6.09 Å². The number of aliphatic hydroxyl groups excluding tert-OH is 1. The molecule has 6 heteroatoms. The van der Waals surface area contributed by atoms with E-state index >= 15 is 0 Å². The van der Waals surface area contributed by atoms with Crippen molar-refractivity contribution in [2.24, 2.45) is 0 Å². The summed E-state index contributed by atoms with van der Waals surface area (Å²) >= 11 is 0. The standard InChI is InChI=1S/C22H23NO5/c1-2-15-6-5-8-18(12-15)27-14-17(24)13-23-20(25)22(28-21(23)26)11-10-16-7-3-4-9-19(16)22/h3-9,12,17,24H,2,10-11,13-14H2,1H3. The van der Waals surface area contributed by atoms with Crippen molar-refractivity contribution >= 4 is 12.0 Å². The Balaban J connectivity index is 1.42. The molecule has 2 unspecified atom stereocenters. The molecule has 4 rings (SSSR count). The smallest absolute Gasteiger partial charge is 0.418 e. The highest BCUT2D eigenvalue weighted by molar-refractivity contribution is 6.04. The number of carbonyl (C=O) groups is 2. The number of nitrogens with zero attached hydrogens (tertiary/aromatic N) is 1. The van der Waals surface area contributed by atoms with Crippen LogP contribution in [-0.4, -0.2) is 41.3 Å². The van der Waals surface area contributed by atoms with Crippen LogP contribution in [0.5, 0.6) is 5.75 Å². The minimum absolute atomic E-state index is 0.0200. The molecular weight excluding hydrogens is 358 g/mol. The van der Waals surface area contributed by atoms with E-state index in [2.05, 4.69) is 6.92 Å². The van der Waals surface area contributed by atoms with E-state index in [9.17, 15) is 14.7 Å². The summed E-state index contributed by atoms with van der Waals surface area (Å²) in [7, 11) is 0. The maximum atomic E-state index is 13.0. The zero-order chi connectivity index (χ0) is 19.7.